The van der Waals surface area contributed by atoms with Crippen molar-refractivity contribution in [2.24, 2.45) is 0 Å². The number of aliphatic hydroxyl groups is 1. The average Bonchev–Trinajstić information content (AvgIpc) is 2.36. The Hall–Kier alpha value is -1.79. The van der Waals surface area contributed by atoms with Gasteiger partial charge in [0.2, 0.25) is 0 Å². The van der Waals surface area contributed by atoms with Crippen LogP contribution in [0.5, 0.6) is 5.75 Å². The average molecular weight is 304 g/mol. The normalized spacial score (nSPS) is 11.4. The molecule has 2 aromatic rings. The van der Waals surface area contributed by atoms with E-state index >= 15 is 0 Å². The summed E-state index contributed by atoms with van der Waals surface area (Å²) in [5.41, 5.74) is 1.21. The van der Waals surface area contributed by atoms with Gasteiger partial charge in [-0.1, -0.05) is 23.7 Å². The lowest BCUT2D eigenvalue weighted by atomic mass is 10.0. The number of alkyl halides is 3. The zero-order chi connectivity index (χ0) is 14.8. The van der Waals surface area contributed by atoms with E-state index in [9.17, 15) is 18.3 Å². The highest BCUT2D eigenvalue weighted by molar-refractivity contribution is 6.29. The van der Waals surface area contributed by atoms with Crippen LogP contribution in [0.2, 0.25) is 5.15 Å². The molecule has 0 aliphatic carbocycles. The molecular formula is C13H9ClF3NO2. The highest BCUT2D eigenvalue weighted by atomic mass is 35.5. The third kappa shape index (κ3) is 3.61. The predicted molar refractivity (Wildman–Crippen MR) is 67.3 cm³/mol. The number of rotatable bonds is 3. The van der Waals surface area contributed by atoms with Crippen molar-refractivity contribution in [2.45, 2.75) is 13.0 Å². The predicted octanol–water partition coefficient (Wildman–Crippen LogP) is 3.79. The van der Waals surface area contributed by atoms with Crippen LogP contribution >= 0.6 is 11.6 Å². The first-order valence-electron chi connectivity index (χ1n) is 5.51. The van der Waals surface area contributed by atoms with Crippen LogP contribution in [0, 0.1) is 0 Å². The van der Waals surface area contributed by atoms with Crippen LogP contribution in [0.4, 0.5) is 13.2 Å². The van der Waals surface area contributed by atoms with Gasteiger partial charge in [-0.2, -0.15) is 0 Å². The molecule has 2 rings (SSSR count). The van der Waals surface area contributed by atoms with Gasteiger partial charge < -0.3 is 9.84 Å². The summed E-state index contributed by atoms with van der Waals surface area (Å²) in [5.74, 6) is -0.339. The maximum Gasteiger partial charge on any atom is 0.573 e. The van der Waals surface area contributed by atoms with Crippen LogP contribution in [0.1, 0.15) is 5.69 Å². The minimum atomic E-state index is -4.75. The number of halogens is 4. The summed E-state index contributed by atoms with van der Waals surface area (Å²) >= 11 is 5.71. The van der Waals surface area contributed by atoms with Gasteiger partial charge in [-0.25, -0.2) is 4.98 Å². The van der Waals surface area contributed by atoms with Crippen molar-refractivity contribution in [1.29, 1.82) is 0 Å². The molecule has 1 aromatic heterocycles. The number of pyridine rings is 1. The highest BCUT2D eigenvalue weighted by Crippen LogP contribution is 2.30. The maximum atomic E-state index is 12.2. The van der Waals surface area contributed by atoms with E-state index in [1.807, 2.05) is 0 Å². The van der Waals surface area contributed by atoms with Gasteiger partial charge in [0, 0.05) is 5.56 Å². The fourth-order valence-electron chi connectivity index (χ4n) is 1.72. The molecule has 0 aliphatic rings. The van der Waals surface area contributed by atoms with E-state index in [2.05, 4.69) is 9.72 Å². The molecule has 0 fully saturated rings. The van der Waals surface area contributed by atoms with E-state index in [1.54, 1.807) is 12.1 Å². The Kier molecular flexibility index (Phi) is 4.15. The van der Waals surface area contributed by atoms with Gasteiger partial charge in [-0.15, -0.1) is 13.2 Å². The van der Waals surface area contributed by atoms with E-state index in [-0.39, 0.29) is 23.2 Å². The number of benzene rings is 1. The molecule has 0 bridgehead atoms. The largest absolute Gasteiger partial charge is 0.573 e. The zero-order valence-corrected chi connectivity index (χ0v) is 10.7. The molecule has 20 heavy (non-hydrogen) atoms. The topological polar surface area (TPSA) is 42.4 Å². The van der Waals surface area contributed by atoms with Crippen molar-refractivity contribution >= 4 is 11.6 Å². The molecule has 0 aliphatic heterocycles. The molecule has 1 aromatic carbocycles. The molecule has 0 unspecified atom stereocenters. The fourth-order valence-corrected chi connectivity index (χ4v) is 1.88. The summed E-state index contributed by atoms with van der Waals surface area (Å²) in [7, 11) is 0. The second kappa shape index (κ2) is 5.68. The second-order valence-electron chi connectivity index (χ2n) is 3.86. The monoisotopic (exact) mass is 303 g/mol. The van der Waals surface area contributed by atoms with Crippen LogP contribution in [0.15, 0.2) is 36.4 Å². The quantitative estimate of drug-likeness (QED) is 0.877. The Morgan fingerprint density at radius 2 is 1.95 bits per heavy atom. The number of aliphatic hydroxyl groups excluding tert-OH is 1. The summed E-state index contributed by atoms with van der Waals surface area (Å²) in [5, 5.41) is 9.42. The van der Waals surface area contributed by atoms with Crippen LogP contribution in [-0.2, 0) is 6.61 Å². The molecule has 7 heteroatoms. The first-order chi connectivity index (χ1) is 9.39. The third-order valence-corrected chi connectivity index (χ3v) is 2.68. The first-order valence-corrected chi connectivity index (χ1v) is 5.89. The zero-order valence-electron chi connectivity index (χ0n) is 9.99. The van der Waals surface area contributed by atoms with Crippen LogP contribution in [-0.4, -0.2) is 16.5 Å². The van der Waals surface area contributed by atoms with Crippen molar-refractivity contribution in [3.8, 4) is 16.9 Å². The standard InChI is InChI=1S/C13H9ClF3NO2/c14-12-5-4-10(11(7-19)18-12)8-2-1-3-9(6-8)20-13(15,16)17/h1-6,19H,7H2. The van der Waals surface area contributed by atoms with Gasteiger partial charge >= 0.3 is 6.36 Å². The fraction of sp³-hybridized carbons (Fsp3) is 0.154. The van der Waals surface area contributed by atoms with Gasteiger partial charge in [0.1, 0.15) is 10.9 Å². The van der Waals surface area contributed by atoms with Crippen LogP contribution in [0.25, 0.3) is 11.1 Å². The highest BCUT2D eigenvalue weighted by Gasteiger charge is 2.31. The van der Waals surface area contributed by atoms with E-state index in [0.29, 0.717) is 11.1 Å². The molecule has 0 atom stereocenters. The molecule has 0 spiro atoms. The molecule has 0 saturated carbocycles. The Bertz CT molecular complexity index is 617. The van der Waals surface area contributed by atoms with Gasteiger partial charge in [0.05, 0.1) is 12.3 Å². The van der Waals surface area contributed by atoms with Crippen molar-refractivity contribution in [3.05, 3.63) is 47.2 Å². The third-order valence-electron chi connectivity index (χ3n) is 2.47. The summed E-state index contributed by atoms with van der Waals surface area (Å²) < 4.78 is 40.4. The molecule has 106 valence electrons. The van der Waals surface area contributed by atoms with E-state index < -0.39 is 6.36 Å². The van der Waals surface area contributed by atoms with Gasteiger partial charge in [-0.05, 0) is 29.8 Å². The lowest BCUT2D eigenvalue weighted by molar-refractivity contribution is -0.274. The number of hydrogen-bond donors (Lipinski definition) is 1. The summed E-state index contributed by atoms with van der Waals surface area (Å²) in [4.78, 5) is 3.92. The lowest BCUT2D eigenvalue weighted by Crippen LogP contribution is -2.17. The van der Waals surface area contributed by atoms with Gasteiger partial charge in [0.15, 0.2) is 0 Å². The number of nitrogens with zero attached hydrogens (tertiary/aromatic N) is 1. The summed E-state index contributed by atoms with van der Waals surface area (Å²) in [6, 6.07) is 8.50. The molecular weight excluding hydrogens is 295 g/mol. The molecule has 3 nitrogen and oxygen atoms in total. The minimum absolute atomic E-state index is 0.195. The summed E-state index contributed by atoms with van der Waals surface area (Å²) in [6.07, 6.45) is -4.75. The van der Waals surface area contributed by atoms with Crippen LogP contribution in [0.3, 0.4) is 0 Å². The van der Waals surface area contributed by atoms with Crippen LogP contribution < -0.4 is 4.74 Å². The number of hydrogen-bond acceptors (Lipinski definition) is 3. The summed E-state index contributed by atoms with van der Waals surface area (Å²) in [6.45, 7) is -0.375. The SMILES string of the molecule is OCc1nc(Cl)ccc1-c1cccc(OC(F)(F)F)c1. The number of ether oxygens (including phenoxy) is 1. The maximum absolute atomic E-state index is 12.2. The van der Waals surface area contributed by atoms with E-state index in [1.165, 1.54) is 24.3 Å². The first kappa shape index (κ1) is 14.6. The molecule has 0 saturated heterocycles. The van der Waals surface area contributed by atoms with Gasteiger partial charge in [-0.3, -0.25) is 0 Å². The van der Waals surface area contributed by atoms with Crippen molar-refractivity contribution in [2.75, 3.05) is 0 Å². The van der Waals surface area contributed by atoms with Crippen molar-refractivity contribution in [1.82, 2.24) is 4.98 Å². The second-order valence-corrected chi connectivity index (χ2v) is 4.25. The van der Waals surface area contributed by atoms with E-state index in [4.69, 9.17) is 11.6 Å². The van der Waals surface area contributed by atoms with E-state index in [0.717, 1.165) is 0 Å². The Morgan fingerprint density at radius 1 is 1.20 bits per heavy atom. The Morgan fingerprint density at radius 3 is 2.60 bits per heavy atom. The molecule has 0 amide bonds. The Balaban J connectivity index is 2.41. The number of aromatic nitrogens is 1. The lowest BCUT2D eigenvalue weighted by Gasteiger charge is -2.11. The van der Waals surface area contributed by atoms with Crippen molar-refractivity contribution in [3.63, 3.8) is 0 Å². The Labute approximate surface area is 117 Å². The smallest absolute Gasteiger partial charge is 0.406 e. The molecule has 1 N–H and O–H groups in total. The van der Waals surface area contributed by atoms with Crippen molar-refractivity contribution < 1.29 is 23.0 Å². The minimum Gasteiger partial charge on any atom is -0.406 e. The van der Waals surface area contributed by atoms with Gasteiger partial charge in [0.25, 0.3) is 0 Å². The molecule has 1 heterocycles. The molecule has 0 radical (unpaired) electrons.